The van der Waals surface area contributed by atoms with Crippen molar-refractivity contribution < 1.29 is 32.9 Å². The molecule has 0 aliphatic carbocycles. The lowest BCUT2D eigenvalue weighted by molar-refractivity contribution is 0.893. The van der Waals surface area contributed by atoms with Gasteiger partial charge in [-0.15, -0.1) is 0 Å². The third-order valence-electron chi connectivity index (χ3n) is 11.3. The van der Waals surface area contributed by atoms with Gasteiger partial charge in [-0.3, -0.25) is 9.13 Å². The molecule has 0 amide bonds. The summed E-state index contributed by atoms with van der Waals surface area (Å²) in [6.45, 7) is 0. The summed E-state index contributed by atoms with van der Waals surface area (Å²) in [6, 6.07) is -1.20. The van der Waals surface area contributed by atoms with E-state index in [0.717, 1.165) is 36.3 Å². The van der Waals surface area contributed by atoms with Crippen molar-refractivity contribution in [2.45, 2.75) is 0 Å². The van der Waals surface area contributed by atoms with E-state index in [9.17, 15) is 13.7 Å². The van der Waals surface area contributed by atoms with E-state index in [1.807, 2.05) is 52.9 Å². The lowest BCUT2D eigenvalue weighted by atomic mass is 10.0. The Morgan fingerprint density at radius 1 is 0.333 bits per heavy atom. The predicted octanol–water partition coefficient (Wildman–Crippen LogP) is 14.2. The van der Waals surface area contributed by atoms with Gasteiger partial charge in [0.1, 0.15) is 0 Å². The van der Waals surface area contributed by atoms with Crippen LogP contribution in [0.15, 0.2) is 206 Å². The summed E-state index contributed by atoms with van der Waals surface area (Å²) in [5.74, 6) is -1.57. The molecule has 14 rings (SSSR count). The van der Waals surface area contributed by atoms with Gasteiger partial charge in [0.25, 0.3) is 0 Å². The molecule has 0 unspecified atom stereocenters. The number of rotatable bonds is 5. The second kappa shape index (κ2) is 12.9. The highest BCUT2D eigenvalue weighted by molar-refractivity contribution is 6.25. The van der Waals surface area contributed by atoms with Crippen LogP contribution in [0.4, 0.5) is 0 Å². The maximum atomic E-state index is 9.86. The summed E-state index contributed by atoms with van der Waals surface area (Å²) in [6.07, 6.45) is 0. The molecule has 0 aliphatic rings. The van der Waals surface area contributed by atoms with E-state index < -0.39 is 223 Å². The third-order valence-corrected chi connectivity index (χ3v) is 11.3. The number of benzene rings is 9. The fraction of sp³-hybridized carbons (Fsp3) is 0. The molecule has 0 saturated carbocycles. The minimum absolute atomic E-state index is 0.232. The average molecular weight is 827 g/mol. The molecule has 0 aliphatic heterocycles. The first-order valence-corrected chi connectivity index (χ1v) is 19.4. The number of hydrogen-bond donors (Lipinski definition) is 0. The molecule has 14 aromatic rings. The molecule has 0 radical (unpaired) electrons. The van der Waals surface area contributed by atoms with Gasteiger partial charge in [-0.1, -0.05) is 157 Å². The minimum atomic E-state index is -0.889. The molecule has 6 nitrogen and oxygen atoms in total. The first kappa shape index (κ1) is 18.6. The van der Waals surface area contributed by atoms with Gasteiger partial charge in [0.15, 0.2) is 5.82 Å². The Morgan fingerprint density at radius 2 is 0.810 bits per heavy atom. The van der Waals surface area contributed by atoms with Crippen LogP contribution >= 0.6 is 0 Å². The molecule has 0 bridgehead atoms. The Kier molecular flexibility index (Phi) is 3.81. The molecule has 0 N–H and O–H groups in total. The monoisotopic (exact) mass is 826 g/mol. The van der Waals surface area contributed by atoms with Gasteiger partial charge < -0.3 is 4.40 Å². The van der Waals surface area contributed by atoms with E-state index >= 15 is 0 Å². The van der Waals surface area contributed by atoms with Crippen LogP contribution in [0, 0.1) is 0 Å². The first-order chi connectivity index (χ1) is 41.3. The van der Waals surface area contributed by atoms with Crippen molar-refractivity contribution in [1.29, 1.82) is 0 Å². The highest BCUT2D eigenvalue weighted by Gasteiger charge is 2.24. The zero-order chi connectivity index (χ0) is 62.1. The maximum absolute atomic E-state index is 9.86. The minimum Gasteiger partial charge on any atom is -0.307 e. The van der Waals surface area contributed by atoms with Crippen LogP contribution < -0.4 is 0 Å². The Hall–Kier alpha value is -8.61. The second-order valence-corrected chi connectivity index (χ2v) is 14.6. The SMILES string of the molecule is [2H]c1c([2H])c([2H])c(-c2c([2H])c([2H])c3c(c2[2H])c2c([2H])c([2H])c([2H])c([2H])c2n3-c2nc(-c3cccc4c5cccc6c7ccccc7n(c34)c65)nc(-n3c4c([2H])c([2H])c([2H])c([2H])c4c4c([2H])c(-c5c([2H])c([2H])c([2H])c([2H])c5[2H])c([2H])c([2H])c43)n2)c([2H])c1[2H]. The van der Waals surface area contributed by atoms with E-state index in [1.165, 1.54) is 0 Å². The van der Waals surface area contributed by atoms with Gasteiger partial charge in [-0.05, 0) is 70.6 Å². The van der Waals surface area contributed by atoms with Gasteiger partial charge in [0.05, 0.1) is 71.5 Å². The Bertz CT molecular complexity index is 5290. The Morgan fingerprint density at radius 3 is 1.41 bits per heavy atom. The maximum Gasteiger partial charge on any atom is 0.240 e. The summed E-state index contributed by atoms with van der Waals surface area (Å²) in [7, 11) is 0. The zero-order valence-electron chi connectivity index (χ0n) is 56.0. The standard InChI is InChI=1S/C57H34N6/c1-3-15-35(16-4-1)37-29-31-51-46(33-37)40-20-8-10-26-48(40)61(51)56-58-55(45-25-14-24-44-43-23-13-22-42-39-19-7-12-28-50(39)63(53(42)43)54(44)45)59-57(60-56)62-49-27-11-9-21-41(49)47-34-38(30-32-52(47)62)36-17-5-2-6-18-36/h1-34H/i1D,2D,3D,4D,5D,6D,8D,9D,10D,11D,15D,16D,17D,18D,20D,21D,26D,27D,29D,30D,31D,32D,33D,34D. The van der Waals surface area contributed by atoms with Crippen molar-refractivity contribution in [2.24, 2.45) is 0 Å². The third kappa shape index (κ3) is 4.86. The summed E-state index contributed by atoms with van der Waals surface area (Å²) in [5, 5.41) is 1.37. The van der Waals surface area contributed by atoms with Crippen molar-refractivity contribution in [1.82, 2.24) is 28.5 Å². The van der Waals surface area contributed by atoms with E-state index in [1.54, 1.807) is 12.1 Å². The number of aromatic nitrogens is 6. The quantitative estimate of drug-likeness (QED) is 0.174. The normalized spacial score (nSPS) is 17.5. The van der Waals surface area contributed by atoms with Gasteiger partial charge in [0.2, 0.25) is 11.9 Å². The van der Waals surface area contributed by atoms with Gasteiger partial charge in [0, 0.05) is 48.7 Å². The van der Waals surface area contributed by atoms with Crippen molar-refractivity contribution in [3.05, 3.63) is 206 Å². The van der Waals surface area contributed by atoms with Crippen LogP contribution in [0.3, 0.4) is 0 Å². The van der Waals surface area contributed by atoms with Crippen LogP contribution in [0.25, 0.3) is 127 Å². The summed E-state index contributed by atoms with van der Waals surface area (Å²) < 4.78 is 222. The predicted molar refractivity (Wildman–Crippen MR) is 259 cm³/mol. The molecule has 5 heterocycles. The lowest BCUT2D eigenvalue weighted by Gasteiger charge is -2.13. The topological polar surface area (TPSA) is 52.9 Å². The summed E-state index contributed by atoms with van der Waals surface area (Å²) in [4.78, 5) is 15.0. The number of hydrogen-bond acceptors (Lipinski definition) is 3. The fourth-order valence-electron chi connectivity index (χ4n) is 8.75. The van der Waals surface area contributed by atoms with Crippen LogP contribution in [-0.2, 0) is 0 Å². The average Bonchev–Trinajstić information content (AvgIpc) is 1.58. The smallest absolute Gasteiger partial charge is 0.240 e. The van der Waals surface area contributed by atoms with E-state index in [4.69, 9.17) is 34.1 Å². The van der Waals surface area contributed by atoms with Crippen molar-refractivity contribution in [2.75, 3.05) is 0 Å². The highest BCUT2D eigenvalue weighted by Crippen LogP contribution is 2.43. The molecule has 0 atom stereocenters. The van der Waals surface area contributed by atoms with Gasteiger partial charge in [-0.2, -0.15) is 15.0 Å². The largest absolute Gasteiger partial charge is 0.307 e. The van der Waals surface area contributed by atoms with Crippen molar-refractivity contribution in [3.8, 4) is 45.5 Å². The van der Waals surface area contributed by atoms with E-state index in [0.29, 0.717) is 10.9 Å². The molecule has 0 spiro atoms. The molecule has 63 heavy (non-hydrogen) atoms. The second-order valence-electron chi connectivity index (χ2n) is 14.6. The molecule has 5 aromatic heterocycles. The Balaban J connectivity index is 1.21. The first-order valence-electron chi connectivity index (χ1n) is 31.4. The van der Waals surface area contributed by atoms with Crippen molar-refractivity contribution >= 4 is 81.7 Å². The molecule has 0 fully saturated rings. The Labute approximate surface area is 394 Å². The van der Waals surface area contributed by atoms with Crippen LogP contribution in [-0.4, -0.2) is 28.5 Å². The molecule has 6 heteroatoms. The van der Waals surface area contributed by atoms with Crippen LogP contribution in [0.1, 0.15) is 32.9 Å². The van der Waals surface area contributed by atoms with Gasteiger partial charge in [-0.25, -0.2) is 0 Å². The number of fused-ring (bicyclic) bond motifs is 12. The fourth-order valence-corrected chi connectivity index (χ4v) is 8.75. The summed E-state index contributed by atoms with van der Waals surface area (Å²) >= 11 is 0. The van der Waals surface area contributed by atoms with E-state index in [2.05, 4.69) is 0 Å². The molecular formula is C57H34N6. The molecule has 9 aromatic carbocycles. The molecule has 0 saturated heterocycles. The van der Waals surface area contributed by atoms with Crippen LogP contribution in [0.5, 0.6) is 0 Å². The van der Waals surface area contributed by atoms with Crippen molar-refractivity contribution in [3.63, 3.8) is 0 Å². The number of para-hydroxylation sites is 5. The molecular weight excluding hydrogens is 769 g/mol. The van der Waals surface area contributed by atoms with Crippen LogP contribution in [0.2, 0.25) is 0 Å². The van der Waals surface area contributed by atoms with E-state index in [-0.39, 0.29) is 11.4 Å². The molecule has 292 valence electrons. The highest BCUT2D eigenvalue weighted by atomic mass is 15.3. The number of nitrogens with zero attached hydrogens (tertiary/aromatic N) is 6. The van der Waals surface area contributed by atoms with Gasteiger partial charge >= 0.3 is 0 Å². The summed E-state index contributed by atoms with van der Waals surface area (Å²) in [5.41, 5.74) is -2.38. The zero-order valence-corrected chi connectivity index (χ0v) is 32.0. The lowest BCUT2D eigenvalue weighted by Crippen LogP contribution is -2.10.